The van der Waals surface area contributed by atoms with Crippen molar-refractivity contribution in [3.8, 4) is 0 Å². The van der Waals surface area contributed by atoms with Crippen molar-refractivity contribution in [3.05, 3.63) is 23.4 Å². The van der Waals surface area contributed by atoms with Crippen LogP contribution in [0.2, 0.25) is 0 Å². The van der Waals surface area contributed by atoms with Crippen molar-refractivity contribution >= 4 is 11.8 Å². The lowest BCUT2D eigenvalue weighted by Gasteiger charge is -2.28. The third kappa shape index (κ3) is 4.49. The fourth-order valence-corrected chi connectivity index (χ4v) is 2.09. The summed E-state index contributed by atoms with van der Waals surface area (Å²) in [6.45, 7) is 8.49. The standard InChI is InChI=1S/C15H25N3O2/c1-11(2)10-18(9-8-17(4)5)14-13(15(19)20)12(3)6-7-16-14/h6-7,11H,8-10H2,1-5H3,(H,19,20). The zero-order valence-electron chi connectivity index (χ0n) is 13.1. The topological polar surface area (TPSA) is 56.7 Å². The third-order valence-corrected chi connectivity index (χ3v) is 3.06. The van der Waals surface area contributed by atoms with Crippen molar-refractivity contribution in [2.24, 2.45) is 5.92 Å². The molecule has 1 N–H and O–H groups in total. The second kappa shape index (κ2) is 7.24. The van der Waals surface area contributed by atoms with Gasteiger partial charge in [-0.15, -0.1) is 0 Å². The molecule has 0 aliphatic rings. The van der Waals surface area contributed by atoms with Gasteiger partial charge in [0, 0.05) is 25.8 Å². The molecule has 0 unspecified atom stereocenters. The first-order valence-electron chi connectivity index (χ1n) is 6.91. The molecule has 0 atom stereocenters. The van der Waals surface area contributed by atoms with Crippen molar-refractivity contribution in [1.29, 1.82) is 0 Å². The van der Waals surface area contributed by atoms with Gasteiger partial charge in [-0.05, 0) is 38.6 Å². The molecule has 112 valence electrons. The molecule has 0 spiro atoms. The first-order valence-corrected chi connectivity index (χ1v) is 6.91. The van der Waals surface area contributed by atoms with E-state index in [9.17, 15) is 9.90 Å². The highest BCUT2D eigenvalue weighted by atomic mass is 16.4. The van der Waals surface area contributed by atoms with Gasteiger partial charge in [-0.25, -0.2) is 9.78 Å². The minimum atomic E-state index is -0.913. The number of aromatic nitrogens is 1. The summed E-state index contributed by atoms with van der Waals surface area (Å²) in [5.41, 5.74) is 1.06. The van der Waals surface area contributed by atoms with Gasteiger partial charge in [0.05, 0.1) is 0 Å². The molecule has 0 aliphatic heterocycles. The number of carboxylic acid groups (broad SMARTS) is 1. The van der Waals surface area contributed by atoms with Crippen LogP contribution in [0.5, 0.6) is 0 Å². The van der Waals surface area contributed by atoms with Gasteiger partial charge in [0.1, 0.15) is 11.4 Å². The predicted octanol–water partition coefficient (Wildman–Crippen LogP) is 2.11. The summed E-state index contributed by atoms with van der Waals surface area (Å²) in [5.74, 6) is 0.110. The normalized spacial score (nSPS) is 11.2. The second-order valence-electron chi connectivity index (χ2n) is 5.77. The van der Waals surface area contributed by atoms with Crippen LogP contribution in [0.15, 0.2) is 12.3 Å². The Kier molecular flexibility index (Phi) is 5.95. The molecule has 0 bridgehead atoms. The lowest BCUT2D eigenvalue weighted by molar-refractivity contribution is 0.0696. The lowest BCUT2D eigenvalue weighted by atomic mass is 10.1. The molecule has 5 nitrogen and oxygen atoms in total. The molecule has 1 aromatic heterocycles. The van der Waals surface area contributed by atoms with Crippen molar-refractivity contribution in [3.63, 3.8) is 0 Å². The van der Waals surface area contributed by atoms with E-state index in [2.05, 4.69) is 28.6 Å². The van der Waals surface area contributed by atoms with Crippen LogP contribution < -0.4 is 4.90 Å². The monoisotopic (exact) mass is 279 g/mol. The Morgan fingerprint density at radius 3 is 2.50 bits per heavy atom. The van der Waals surface area contributed by atoms with Crippen molar-refractivity contribution in [2.45, 2.75) is 20.8 Å². The summed E-state index contributed by atoms with van der Waals surface area (Å²) in [6, 6.07) is 1.74. The Labute approximate surface area is 121 Å². The summed E-state index contributed by atoms with van der Waals surface area (Å²) < 4.78 is 0. The minimum Gasteiger partial charge on any atom is -0.478 e. The molecule has 0 fully saturated rings. The molecule has 0 aromatic carbocycles. The molecule has 1 aromatic rings. The zero-order valence-corrected chi connectivity index (χ0v) is 13.1. The summed E-state index contributed by atoms with van der Waals surface area (Å²) in [7, 11) is 4.02. The largest absolute Gasteiger partial charge is 0.478 e. The predicted molar refractivity (Wildman–Crippen MR) is 81.5 cm³/mol. The Balaban J connectivity index is 3.12. The Morgan fingerprint density at radius 2 is 2.00 bits per heavy atom. The van der Waals surface area contributed by atoms with E-state index in [0.29, 0.717) is 17.3 Å². The van der Waals surface area contributed by atoms with Crippen LogP contribution in [0, 0.1) is 12.8 Å². The van der Waals surface area contributed by atoms with Gasteiger partial charge >= 0.3 is 5.97 Å². The van der Waals surface area contributed by atoms with Crippen LogP contribution in [-0.4, -0.2) is 54.7 Å². The maximum absolute atomic E-state index is 11.5. The first-order chi connectivity index (χ1) is 9.32. The molecule has 0 saturated heterocycles. The minimum absolute atomic E-state index is 0.312. The van der Waals surface area contributed by atoms with Crippen molar-refractivity contribution in [2.75, 3.05) is 38.6 Å². The molecular formula is C15H25N3O2. The van der Waals surface area contributed by atoms with E-state index >= 15 is 0 Å². The van der Waals surface area contributed by atoms with Crippen LogP contribution in [-0.2, 0) is 0 Å². The third-order valence-electron chi connectivity index (χ3n) is 3.06. The summed E-state index contributed by atoms with van der Waals surface area (Å²) in [4.78, 5) is 20.0. The summed E-state index contributed by atoms with van der Waals surface area (Å²) >= 11 is 0. The molecule has 0 amide bonds. The SMILES string of the molecule is Cc1ccnc(N(CCN(C)C)CC(C)C)c1C(=O)O. The van der Waals surface area contributed by atoms with Gasteiger partial charge in [0.25, 0.3) is 0 Å². The summed E-state index contributed by atoms with van der Waals surface area (Å²) in [6.07, 6.45) is 1.68. The van der Waals surface area contributed by atoms with E-state index in [-0.39, 0.29) is 0 Å². The fraction of sp³-hybridized carbons (Fsp3) is 0.600. The van der Waals surface area contributed by atoms with E-state index < -0.39 is 5.97 Å². The van der Waals surface area contributed by atoms with Gasteiger partial charge < -0.3 is 14.9 Å². The number of aromatic carboxylic acids is 1. The number of pyridine rings is 1. The van der Waals surface area contributed by atoms with Crippen LogP contribution in [0.25, 0.3) is 0 Å². The van der Waals surface area contributed by atoms with Gasteiger partial charge in [-0.3, -0.25) is 0 Å². The number of nitrogens with zero attached hydrogens (tertiary/aromatic N) is 3. The number of hydrogen-bond acceptors (Lipinski definition) is 4. The Morgan fingerprint density at radius 1 is 1.35 bits per heavy atom. The second-order valence-corrected chi connectivity index (χ2v) is 5.77. The van der Waals surface area contributed by atoms with Crippen molar-refractivity contribution in [1.82, 2.24) is 9.88 Å². The Bertz CT molecular complexity index is 458. The van der Waals surface area contributed by atoms with E-state index in [0.717, 1.165) is 25.2 Å². The van der Waals surface area contributed by atoms with E-state index in [4.69, 9.17) is 0 Å². The highest BCUT2D eigenvalue weighted by Gasteiger charge is 2.20. The van der Waals surface area contributed by atoms with Crippen LogP contribution in [0.4, 0.5) is 5.82 Å². The van der Waals surface area contributed by atoms with E-state index in [1.165, 1.54) is 0 Å². The average molecular weight is 279 g/mol. The highest BCUT2D eigenvalue weighted by molar-refractivity contribution is 5.94. The molecule has 5 heteroatoms. The van der Waals surface area contributed by atoms with Crippen molar-refractivity contribution < 1.29 is 9.90 Å². The quantitative estimate of drug-likeness (QED) is 0.828. The first kappa shape index (κ1) is 16.4. The maximum Gasteiger partial charge on any atom is 0.339 e. The van der Waals surface area contributed by atoms with Gasteiger partial charge in [-0.2, -0.15) is 0 Å². The molecule has 0 saturated carbocycles. The van der Waals surface area contributed by atoms with Crippen LogP contribution in [0.1, 0.15) is 29.8 Å². The molecular weight excluding hydrogens is 254 g/mol. The van der Waals surface area contributed by atoms with Gasteiger partial charge in [0.15, 0.2) is 0 Å². The van der Waals surface area contributed by atoms with Crippen LogP contribution in [0.3, 0.4) is 0 Å². The Hall–Kier alpha value is -1.62. The molecule has 20 heavy (non-hydrogen) atoms. The summed E-state index contributed by atoms with van der Waals surface area (Å²) in [5, 5.41) is 9.43. The zero-order chi connectivity index (χ0) is 15.3. The number of rotatable bonds is 7. The number of hydrogen-bond donors (Lipinski definition) is 1. The highest BCUT2D eigenvalue weighted by Crippen LogP contribution is 2.22. The maximum atomic E-state index is 11.5. The number of carbonyl (C=O) groups is 1. The fourth-order valence-electron chi connectivity index (χ4n) is 2.09. The van der Waals surface area contributed by atoms with Gasteiger partial charge in [0.2, 0.25) is 0 Å². The van der Waals surface area contributed by atoms with E-state index in [1.807, 2.05) is 21.0 Å². The molecule has 1 rings (SSSR count). The molecule has 1 heterocycles. The number of aryl methyl sites for hydroxylation is 1. The average Bonchev–Trinajstić information content (AvgIpc) is 2.33. The molecule has 0 radical (unpaired) electrons. The number of anilines is 1. The molecule has 0 aliphatic carbocycles. The number of likely N-dealkylation sites (N-methyl/N-ethyl adjacent to an activating group) is 1. The smallest absolute Gasteiger partial charge is 0.339 e. The van der Waals surface area contributed by atoms with Crippen LogP contribution >= 0.6 is 0 Å². The van der Waals surface area contributed by atoms with E-state index in [1.54, 1.807) is 12.3 Å². The van der Waals surface area contributed by atoms with Gasteiger partial charge in [-0.1, -0.05) is 13.8 Å². The lowest BCUT2D eigenvalue weighted by Crippen LogP contribution is -2.36. The number of carboxylic acids is 1.